The van der Waals surface area contributed by atoms with E-state index in [9.17, 15) is 9.59 Å². The number of hydrogen-bond donors (Lipinski definition) is 3. The zero-order chi connectivity index (χ0) is 21.6. The minimum Gasteiger partial charge on any atom is -0.493 e. The summed E-state index contributed by atoms with van der Waals surface area (Å²) in [7, 11) is 5.33. The SMILES string of the molecule is COC(=O)c1cc(C(Nc2ccc(C(=N)N)cc2)C(=O)OC)cc(OC)c1OC. The Balaban J connectivity index is 2.52. The maximum absolute atomic E-state index is 12.5. The van der Waals surface area contributed by atoms with E-state index in [0.29, 0.717) is 16.8 Å². The van der Waals surface area contributed by atoms with E-state index in [2.05, 4.69) is 5.32 Å². The molecule has 0 saturated heterocycles. The highest BCUT2D eigenvalue weighted by atomic mass is 16.5. The second kappa shape index (κ2) is 9.45. The maximum Gasteiger partial charge on any atom is 0.341 e. The number of rotatable bonds is 8. The van der Waals surface area contributed by atoms with Gasteiger partial charge in [0.15, 0.2) is 17.5 Å². The molecular weight excluding hydrogens is 378 g/mol. The van der Waals surface area contributed by atoms with Gasteiger partial charge in [-0.2, -0.15) is 0 Å². The molecule has 0 heterocycles. The first-order valence-electron chi connectivity index (χ1n) is 8.49. The Morgan fingerprint density at radius 3 is 2.14 bits per heavy atom. The van der Waals surface area contributed by atoms with E-state index in [1.807, 2.05) is 0 Å². The minimum absolute atomic E-state index is 0.0660. The van der Waals surface area contributed by atoms with Crippen LogP contribution in [0.15, 0.2) is 36.4 Å². The number of benzene rings is 2. The summed E-state index contributed by atoms with van der Waals surface area (Å²) in [5.74, 6) is -0.839. The summed E-state index contributed by atoms with van der Waals surface area (Å²) < 4.78 is 20.3. The van der Waals surface area contributed by atoms with Crippen LogP contribution in [0.4, 0.5) is 5.69 Å². The fourth-order valence-corrected chi connectivity index (χ4v) is 2.72. The van der Waals surface area contributed by atoms with Gasteiger partial charge < -0.3 is 30.0 Å². The van der Waals surface area contributed by atoms with Gasteiger partial charge in [0.05, 0.1) is 28.4 Å². The van der Waals surface area contributed by atoms with Crippen molar-refractivity contribution in [1.82, 2.24) is 0 Å². The van der Waals surface area contributed by atoms with Crippen LogP contribution in [0, 0.1) is 5.41 Å². The van der Waals surface area contributed by atoms with Gasteiger partial charge in [-0.15, -0.1) is 0 Å². The lowest BCUT2D eigenvalue weighted by Crippen LogP contribution is -2.23. The van der Waals surface area contributed by atoms with Crippen LogP contribution in [-0.2, 0) is 14.3 Å². The fourth-order valence-electron chi connectivity index (χ4n) is 2.72. The smallest absolute Gasteiger partial charge is 0.341 e. The molecule has 0 bridgehead atoms. The van der Waals surface area contributed by atoms with Crippen molar-refractivity contribution < 1.29 is 28.5 Å². The van der Waals surface area contributed by atoms with E-state index in [1.54, 1.807) is 30.3 Å². The van der Waals surface area contributed by atoms with Crippen molar-refractivity contribution in [2.45, 2.75) is 6.04 Å². The molecule has 0 spiro atoms. The Morgan fingerprint density at radius 2 is 1.66 bits per heavy atom. The Kier molecular flexibility index (Phi) is 7.02. The molecule has 29 heavy (non-hydrogen) atoms. The quantitative estimate of drug-likeness (QED) is 0.348. The van der Waals surface area contributed by atoms with Gasteiger partial charge in [-0.1, -0.05) is 0 Å². The molecule has 2 rings (SSSR count). The predicted molar refractivity (Wildman–Crippen MR) is 107 cm³/mol. The minimum atomic E-state index is -0.952. The first kappa shape index (κ1) is 21.5. The molecule has 2 aromatic carbocycles. The summed E-state index contributed by atoms with van der Waals surface area (Å²) in [4.78, 5) is 24.7. The van der Waals surface area contributed by atoms with Crippen LogP contribution in [-0.4, -0.2) is 46.2 Å². The highest BCUT2D eigenvalue weighted by molar-refractivity contribution is 5.96. The molecule has 1 atom stereocenters. The van der Waals surface area contributed by atoms with Crippen LogP contribution in [0.1, 0.15) is 27.5 Å². The lowest BCUT2D eigenvalue weighted by atomic mass is 10.0. The van der Waals surface area contributed by atoms with Crippen molar-refractivity contribution in [2.75, 3.05) is 33.8 Å². The molecule has 9 nitrogen and oxygen atoms in total. The molecule has 9 heteroatoms. The predicted octanol–water partition coefficient (Wildman–Crippen LogP) is 2.10. The third-order valence-electron chi connectivity index (χ3n) is 4.18. The summed E-state index contributed by atoms with van der Waals surface area (Å²) in [5.41, 5.74) is 7.10. The Morgan fingerprint density at radius 1 is 1.00 bits per heavy atom. The van der Waals surface area contributed by atoms with E-state index in [-0.39, 0.29) is 22.9 Å². The number of anilines is 1. The second-order valence-corrected chi connectivity index (χ2v) is 5.89. The molecule has 4 N–H and O–H groups in total. The molecule has 0 saturated carbocycles. The molecule has 0 aliphatic rings. The summed E-state index contributed by atoms with van der Waals surface area (Å²) in [6.07, 6.45) is 0. The molecule has 0 fully saturated rings. The van der Waals surface area contributed by atoms with Gasteiger partial charge in [0.25, 0.3) is 0 Å². The third-order valence-corrected chi connectivity index (χ3v) is 4.18. The summed E-state index contributed by atoms with van der Waals surface area (Å²) in [6.45, 7) is 0. The average Bonchev–Trinajstić information content (AvgIpc) is 2.75. The summed E-state index contributed by atoms with van der Waals surface area (Å²) >= 11 is 0. The van der Waals surface area contributed by atoms with Gasteiger partial charge in [0.1, 0.15) is 11.4 Å². The molecule has 0 amide bonds. The van der Waals surface area contributed by atoms with Crippen LogP contribution in [0.3, 0.4) is 0 Å². The van der Waals surface area contributed by atoms with Crippen molar-refractivity contribution in [3.63, 3.8) is 0 Å². The number of hydrogen-bond acceptors (Lipinski definition) is 8. The highest BCUT2D eigenvalue weighted by Crippen LogP contribution is 2.36. The van der Waals surface area contributed by atoms with Crippen molar-refractivity contribution in [3.05, 3.63) is 53.1 Å². The third kappa shape index (κ3) is 4.75. The van der Waals surface area contributed by atoms with Gasteiger partial charge in [0.2, 0.25) is 0 Å². The van der Waals surface area contributed by atoms with Crippen LogP contribution >= 0.6 is 0 Å². The van der Waals surface area contributed by atoms with E-state index in [4.69, 9.17) is 30.1 Å². The Bertz CT molecular complexity index is 911. The summed E-state index contributed by atoms with van der Waals surface area (Å²) in [6, 6.07) is 8.74. The van der Waals surface area contributed by atoms with E-state index in [1.165, 1.54) is 34.5 Å². The van der Waals surface area contributed by atoms with Crippen molar-refractivity contribution in [2.24, 2.45) is 5.73 Å². The molecule has 1 unspecified atom stereocenters. The molecular formula is C20H23N3O6. The number of esters is 2. The lowest BCUT2D eigenvalue weighted by Gasteiger charge is -2.21. The zero-order valence-corrected chi connectivity index (χ0v) is 16.6. The van der Waals surface area contributed by atoms with Gasteiger partial charge in [-0.05, 0) is 42.0 Å². The molecule has 154 valence electrons. The largest absolute Gasteiger partial charge is 0.493 e. The fraction of sp³-hybridized carbons (Fsp3) is 0.250. The number of ether oxygens (including phenoxy) is 4. The zero-order valence-electron chi connectivity index (χ0n) is 16.6. The van der Waals surface area contributed by atoms with Crippen LogP contribution in [0.2, 0.25) is 0 Å². The standard InChI is InChI=1S/C20H23N3O6/c1-26-15-10-12(9-14(17(15)27-2)19(24)28-3)16(20(25)29-4)23-13-7-5-11(6-8-13)18(21)22/h5-10,16,23H,1-4H3,(H3,21,22). The van der Waals surface area contributed by atoms with Crippen LogP contribution in [0.5, 0.6) is 11.5 Å². The number of amidine groups is 1. The van der Waals surface area contributed by atoms with E-state index < -0.39 is 18.0 Å². The Labute approximate surface area is 168 Å². The van der Waals surface area contributed by atoms with E-state index >= 15 is 0 Å². The lowest BCUT2D eigenvalue weighted by molar-refractivity contribution is -0.141. The molecule has 2 aromatic rings. The molecule has 0 aromatic heterocycles. The highest BCUT2D eigenvalue weighted by Gasteiger charge is 2.27. The molecule has 0 aliphatic heterocycles. The van der Waals surface area contributed by atoms with Crippen molar-refractivity contribution in [3.8, 4) is 11.5 Å². The van der Waals surface area contributed by atoms with Crippen molar-refractivity contribution >= 4 is 23.5 Å². The van der Waals surface area contributed by atoms with Crippen LogP contribution in [0.25, 0.3) is 0 Å². The average molecular weight is 401 g/mol. The number of nitrogens with one attached hydrogen (secondary N) is 2. The number of methoxy groups -OCH3 is 4. The number of carbonyl (C=O) groups is 2. The topological polar surface area (TPSA) is 133 Å². The van der Waals surface area contributed by atoms with E-state index in [0.717, 1.165) is 0 Å². The van der Waals surface area contributed by atoms with Crippen molar-refractivity contribution in [1.29, 1.82) is 5.41 Å². The van der Waals surface area contributed by atoms with Gasteiger partial charge in [-0.3, -0.25) is 5.41 Å². The number of carbonyl (C=O) groups excluding carboxylic acids is 2. The number of nitrogens with two attached hydrogens (primary N) is 1. The molecule has 0 aliphatic carbocycles. The first-order valence-corrected chi connectivity index (χ1v) is 8.49. The van der Waals surface area contributed by atoms with Gasteiger partial charge >= 0.3 is 11.9 Å². The molecule has 0 radical (unpaired) electrons. The first-order chi connectivity index (χ1) is 13.9. The normalized spacial score (nSPS) is 11.2. The maximum atomic E-state index is 12.5. The number of nitrogen functional groups attached to an aromatic ring is 1. The second-order valence-electron chi connectivity index (χ2n) is 5.89. The van der Waals surface area contributed by atoms with Crippen LogP contribution < -0.4 is 20.5 Å². The Hall–Kier alpha value is -3.75. The van der Waals surface area contributed by atoms with Gasteiger partial charge in [0, 0.05) is 11.3 Å². The van der Waals surface area contributed by atoms with Gasteiger partial charge in [-0.25, -0.2) is 9.59 Å². The monoisotopic (exact) mass is 401 g/mol. The summed E-state index contributed by atoms with van der Waals surface area (Å²) in [5, 5.41) is 10.5.